The van der Waals surface area contributed by atoms with Gasteiger partial charge in [-0.25, -0.2) is 9.59 Å². The van der Waals surface area contributed by atoms with Crippen molar-refractivity contribution in [1.82, 2.24) is 10.2 Å². The van der Waals surface area contributed by atoms with E-state index in [1.54, 1.807) is 25.7 Å². The lowest BCUT2D eigenvalue weighted by Crippen LogP contribution is -2.55. The lowest BCUT2D eigenvalue weighted by Gasteiger charge is -2.37. The van der Waals surface area contributed by atoms with Gasteiger partial charge in [-0.1, -0.05) is 30.3 Å². The molecule has 2 N–H and O–H groups in total. The first-order valence-corrected chi connectivity index (χ1v) is 8.84. The fourth-order valence-electron chi connectivity index (χ4n) is 2.82. The fraction of sp³-hybridized carbons (Fsp3) is 0.579. The van der Waals surface area contributed by atoms with Crippen LogP contribution < -0.4 is 5.32 Å². The summed E-state index contributed by atoms with van der Waals surface area (Å²) in [5.41, 5.74) is 0.302. The lowest BCUT2D eigenvalue weighted by molar-refractivity contribution is 0.0338. The number of hydrogen-bond donors (Lipinski definition) is 2. The van der Waals surface area contributed by atoms with Crippen molar-refractivity contribution in [2.45, 2.75) is 45.4 Å². The summed E-state index contributed by atoms with van der Waals surface area (Å²) in [5.74, 6) is -0.124. The maximum atomic E-state index is 12.3. The molecule has 0 radical (unpaired) electrons. The molecule has 0 unspecified atom stereocenters. The number of hydrogen-bond acceptors (Lipinski definition) is 5. The third-order valence-electron chi connectivity index (χ3n) is 4.16. The smallest absolute Gasteiger partial charge is 0.410 e. The van der Waals surface area contributed by atoms with Crippen LogP contribution in [0.3, 0.4) is 0 Å². The van der Waals surface area contributed by atoms with E-state index in [1.807, 2.05) is 30.3 Å². The molecule has 0 aliphatic carbocycles. The molecule has 0 spiro atoms. The molecular formula is C19H28N2O5. The third kappa shape index (κ3) is 6.22. The van der Waals surface area contributed by atoms with Crippen molar-refractivity contribution in [3.05, 3.63) is 35.9 Å². The van der Waals surface area contributed by atoms with Crippen LogP contribution >= 0.6 is 0 Å². The summed E-state index contributed by atoms with van der Waals surface area (Å²) in [5, 5.41) is 12.3. The Morgan fingerprint density at radius 1 is 1.27 bits per heavy atom. The molecule has 2 rings (SSSR count). The van der Waals surface area contributed by atoms with Crippen molar-refractivity contribution in [2.75, 3.05) is 19.7 Å². The first-order valence-electron chi connectivity index (χ1n) is 8.84. The van der Waals surface area contributed by atoms with Crippen molar-refractivity contribution in [3.8, 4) is 0 Å². The van der Waals surface area contributed by atoms with E-state index in [-0.39, 0.29) is 31.7 Å². The SMILES string of the molecule is CC(C)(C)OC(=O)N[C@@H]1CN(C(=O)OCc2ccccc2)CC[C@H]1CO. The molecule has 2 atom stereocenters. The maximum Gasteiger partial charge on any atom is 0.410 e. The summed E-state index contributed by atoms with van der Waals surface area (Å²) in [7, 11) is 0. The molecule has 2 amide bonds. The van der Waals surface area contributed by atoms with Gasteiger partial charge in [0.15, 0.2) is 0 Å². The van der Waals surface area contributed by atoms with E-state index in [1.165, 1.54) is 0 Å². The molecule has 0 aromatic heterocycles. The van der Waals surface area contributed by atoms with Crippen molar-refractivity contribution < 1.29 is 24.2 Å². The molecule has 7 heteroatoms. The Morgan fingerprint density at radius 2 is 1.96 bits per heavy atom. The van der Waals surface area contributed by atoms with Gasteiger partial charge in [-0.2, -0.15) is 0 Å². The van der Waals surface area contributed by atoms with E-state index < -0.39 is 17.8 Å². The zero-order valence-corrected chi connectivity index (χ0v) is 15.6. The molecule has 1 saturated heterocycles. The number of likely N-dealkylation sites (tertiary alicyclic amines) is 1. The summed E-state index contributed by atoms with van der Waals surface area (Å²) in [6, 6.07) is 9.06. The Labute approximate surface area is 154 Å². The predicted molar refractivity (Wildman–Crippen MR) is 96.6 cm³/mol. The summed E-state index contributed by atoms with van der Waals surface area (Å²) in [4.78, 5) is 25.9. The van der Waals surface area contributed by atoms with Crippen molar-refractivity contribution in [2.24, 2.45) is 5.92 Å². The Balaban J connectivity index is 1.90. The number of piperidine rings is 1. The second kappa shape index (κ2) is 8.89. The molecule has 0 bridgehead atoms. The van der Waals surface area contributed by atoms with Crippen LogP contribution in [0.5, 0.6) is 0 Å². The second-order valence-electron chi connectivity index (χ2n) is 7.47. The fourth-order valence-corrected chi connectivity index (χ4v) is 2.82. The Kier molecular flexibility index (Phi) is 6.85. The number of carbonyl (C=O) groups is 2. The monoisotopic (exact) mass is 364 g/mol. The van der Waals surface area contributed by atoms with Gasteiger partial charge in [0.2, 0.25) is 0 Å². The Bertz CT molecular complexity index is 600. The van der Waals surface area contributed by atoms with Crippen LogP contribution in [0.25, 0.3) is 0 Å². The topological polar surface area (TPSA) is 88.1 Å². The molecule has 1 aromatic carbocycles. The Morgan fingerprint density at radius 3 is 2.58 bits per heavy atom. The van der Waals surface area contributed by atoms with E-state index in [0.29, 0.717) is 13.0 Å². The molecule has 1 aliphatic rings. The van der Waals surface area contributed by atoms with Crippen LogP contribution in [0.15, 0.2) is 30.3 Å². The maximum absolute atomic E-state index is 12.3. The highest BCUT2D eigenvalue weighted by atomic mass is 16.6. The molecule has 7 nitrogen and oxygen atoms in total. The van der Waals surface area contributed by atoms with E-state index in [9.17, 15) is 14.7 Å². The number of rotatable bonds is 4. The number of ether oxygens (including phenoxy) is 2. The average Bonchev–Trinajstić information content (AvgIpc) is 2.58. The number of amides is 2. The van der Waals surface area contributed by atoms with Gasteiger partial charge in [-0.15, -0.1) is 0 Å². The summed E-state index contributed by atoms with van der Waals surface area (Å²) in [6.07, 6.45) is -0.404. The van der Waals surface area contributed by atoms with Crippen LogP contribution in [0.4, 0.5) is 9.59 Å². The zero-order chi connectivity index (χ0) is 19.2. The normalized spacial score (nSPS) is 20.4. The molecule has 0 saturated carbocycles. The van der Waals surface area contributed by atoms with Crippen molar-refractivity contribution >= 4 is 12.2 Å². The van der Waals surface area contributed by atoms with Crippen LogP contribution in [-0.4, -0.2) is 53.5 Å². The second-order valence-corrected chi connectivity index (χ2v) is 7.47. The first-order chi connectivity index (χ1) is 12.3. The molecular weight excluding hydrogens is 336 g/mol. The standard InChI is InChI=1S/C19H28N2O5/c1-19(2,3)26-17(23)20-16-11-21(10-9-15(16)12-22)18(24)25-13-14-7-5-4-6-8-14/h4-8,15-16,22H,9-13H2,1-3H3,(H,20,23)/t15-,16+/m0/s1. The number of aliphatic hydroxyl groups excluding tert-OH is 1. The zero-order valence-electron chi connectivity index (χ0n) is 15.6. The third-order valence-corrected chi connectivity index (χ3v) is 4.16. The quantitative estimate of drug-likeness (QED) is 0.857. The minimum absolute atomic E-state index is 0.0621. The summed E-state index contributed by atoms with van der Waals surface area (Å²) in [6.45, 7) is 6.24. The van der Waals surface area contributed by atoms with E-state index in [0.717, 1.165) is 5.56 Å². The molecule has 26 heavy (non-hydrogen) atoms. The highest BCUT2D eigenvalue weighted by Crippen LogP contribution is 2.19. The summed E-state index contributed by atoms with van der Waals surface area (Å²) < 4.78 is 10.6. The predicted octanol–water partition coefficient (Wildman–Crippen LogP) is 2.53. The van der Waals surface area contributed by atoms with Gasteiger partial charge in [-0.3, -0.25) is 0 Å². The molecule has 1 aromatic rings. The number of alkyl carbamates (subject to hydrolysis) is 1. The number of benzene rings is 1. The van der Waals surface area contributed by atoms with Crippen LogP contribution in [0.1, 0.15) is 32.8 Å². The van der Waals surface area contributed by atoms with Gasteiger partial charge in [0.05, 0.1) is 6.04 Å². The van der Waals surface area contributed by atoms with Crippen LogP contribution in [0, 0.1) is 5.92 Å². The average molecular weight is 364 g/mol. The molecule has 1 heterocycles. The van der Waals surface area contributed by atoms with E-state index >= 15 is 0 Å². The number of aliphatic hydroxyl groups is 1. The molecule has 144 valence electrons. The van der Waals surface area contributed by atoms with Crippen molar-refractivity contribution in [1.29, 1.82) is 0 Å². The van der Waals surface area contributed by atoms with Crippen LogP contribution in [0.2, 0.25) is 0 Å². The van der Waals surface area contributed by atoms with Gasteiger partial charge in [0, 0.05) is 25.6 Å². The number of nitrogens with one attached hydrogen (secondary N) is 1. The largest absolute Gasteiger partial charge is 0.445 e. The minimum Gasteiger partial charge on any atom is -0.445 e. The molecule has 1 fully saturated rings. The van der Waals surface area contributed by atoms with Gasteiger partial charge in [0.1, 0.15) is 12.2 Å². The van der Waals surface area contributed by atoms with E-state index in [4.69, 9.17) is 9.47 Å². The van der Waals surface area contributed by atoms with Crippen molar-refractivity contribution in [3.63, 3.8) is 0 Å². The highest BCUT2D eigenvalue weighted by Gasteiger charge is 2.33. The van der Waals surface area contributed by atoms with Gasteiger partial charge in [0.25, 0.3) is 0 Å². The number of nitrogens with zero attached hydrogens (tertiary/aromatic N) is 1. The lowest BCUT2D eigenvalue weighted by atomic mass is 9.92. The number of carbonyl (C=O) groups excluding carboxylic acids is 2. The van der Waals surface area contributed by atoms with E-state index in [2.05, 4.69) is 5.32 Å². The van der Waals surface area contributed by atoms with Gasteiger partial charge < -0.3 is 24.8 Å². The Hall–Kier alpha value is -2.28. The summed E-state index contributed by atoms with van der Waals surface area (Å²) >= 11 is 0. The van der Waals surface area contributed by atoms with Crippen LogP contribution in [-0.2, 0) is 16.1 Å². The highest BCUT2D eigenvalue weighted by molar-refractivity contribution is 5.69. The minimum atomic E-state index is -0.609. The molecule has 1 aliphatic heterocycles. The van der Waals surface area contributed by atoms with Gasteiger partial charge in [-0.05, 0) is 32.8 Å². The first kappa shape index (κ1) is 20.0. The van der Waals surface area contributed by atoms with Gasteiger partial charge >= 0.3 is 12.2 Å².